The molecule has 1 fully saturated rings. The second kappa shape index (κ2) is 7.75. The molecule has 0 unspecified atom stereocenters. The lowest BCUT2D eigenvalue weighted by atomic mass is 10.1. The SMILES string of the molecule is O=C(/C=C1\Nc2ccccc2C(=O)N2CCC[C@@H]12)/C=C/c1c[nH]c2ccc([125I])cc12. The molecule has 0 radical (unpaired) electrons. The number of benzene rings is 2. The van der Waals surface area contributed by atoms with Crippen LogP contribution in [0.15, 0.2) is 66.5 Å². The number of rotatable bonds is 3. The third-order valence-electron chi connectivity index (χ3n) is 5.71. The lowest BCUT2D eigenvalue weighted by Gasteiger charge is -2.23. The van der Waals surface area contributed by atoms with Crippen LogP contribution in [0.5, 0.6) is 0 Å². The fourth-order valence-electron chi connectivity index (χ4n) is 4.26. The molecule has 1 atom stereocenters. The topological polar surface area (TPSA) is 65.2 Å². The Balaban J connectivity index is 1.45. The molecule has 2 aromatic carbocycles. The summed E-state index contributed by atoms with van der Waals surface area (Å²) >= 11 is 2.29. The van der Waals surface area contributed by atoms with Gasteiger partial charge in [-0.15, -0.1) is 0 Å². The quantitative estimate of drug-likeness (QED) is 0.389. The minimum atomic E-state index is -0.101. The second-order valence-electron chi connectivity index (χ2n) is 7.60. The van der Waals surface area contributed by atoms with Crippen molar-refractivity contribution >= 4 is 56.9 Å². The van der Waals surface area contributed by atoms with Crippen molar-refractivity contribution in [3.05, 3.63) is 81.2 Å². The van der Waals surface area contributed by atoms with Gasteiger partial charge in [-0.2, -0.15) is 0 Å². The monoisotopic (exact) mass is 507 g/mol. The summed E-state index contributed by atoms with van der Waals surface area (Å²) in [5.74, 6) is -0.0726. The van der Waals surface area contributed by atoms with Gasteiger partial charge in [-0.25, -0.2) is 0 Å². The zero-order valence-corrected chi connectivity index (χ0v) is 18.3. The van der Waals surface area contributed by atoms with Gasteiger partial charge in [0.15, 0.2) is 5.78 Å². The maximum Gasteiger partial charge on any atom is 0.256 e. The van der Waals surface area contributed by atoms with E-state index in [1.165, 1.54) is 0 Å². The van der Waals surface area contributed by atoms with Crippen LogP contribution in [0.4, 0.5) is 5.69 Å². The van der Waals surface area contributed by atoms with Crippen LogP contribution >= 0.6 is 22.6 Å². The van der Waals surface area contributed by atoms with Crippen LogP contribution in [0.3, 0.4) is 0 Å². The Bertz CT molecular complexity index is 1220. The van der Waals surface area contributed by atoms with Crippen LogP contribution < -0.4 is 5.32 Å². The summed E-state index contributed by atoms with van der Waals surface area (Å²) < 4.78 is 1.15. The van der Waals surface area contributed by atoms with Crippen molar-refractivity contribution in [2.45, 2.75) is 18.9 Å². The van der Waals surface area contributed by atoms with Gasteiger partial charge in [-0.1, -0.05) is 12.1 Å². The predicted octanol–water partition coefficient (Wildman–Crippen LogP) is 4.97. The highest BCUT2D eigenvalue weighted by molar-refractivity contribution is 14.1. The van der Waals surface area contributed by atoms with Crippen LogP contribution in [-0.2, 0) is 4.79 Å². The number of nitrogens with one attached hydrogen (secondary N) is 2. The number of amides is 1. The second-order valence-corrected chi connectivity index (χ2v) is 8.84. The summed E-state index contributed by atoms with van der Waals surface area (Å²) in [5, 5.41) is 4.45. The van der Waals surface area contributed by atoms with Gasteiger partial charge in [-0.3, -0.25) is 9.59 Å². The van der Waals surface area contributed by atoms with Crippen molar-refractivity contribution in [2.24, 2.45) is 0 Å². The molecule has 1 amide bonds. The number of allylic oxidation sites excluding steroid dienone is 2. The van der Waals surface area contributed by atoms with Gasteiger partial charge in [0, 0.05) is 39.0 Å². The molecule has 150 valence electrons. The first kappa shape index (κ1) is 19.1. The van der Waals surface area contributed by atoms with Crippen LogP contribution in [0.25, 0.3) is 17.0 Å². The maximum absolute atomic E-state index is 12.9. The summed E-state index contributed by atoms with van der Waals surface area (Å²) in [6, 6.07) is 13.6. The molecule has 30 heavy (non-hydrogen) atoms. The average Bonchev–Trinajstić information content (AvgIpc) is 3.36. The number of fused-ring (bicyclic) bond motifs is 3. The van der Waals surface area contributed by atoms with E-state index in [1.54, 1.807) is 12.2 Å². The van der Waals surface area contributed by atoms with Crippen LogP contribution in [0, 0.1) is 3.57 Å². The van der Waals surface area contributed by atoms with Crippen molar-refractivity contribution in [3.63, 3.8) is 0 Å². The average molecular weight is 507 g/mol. The Morgan fingerprint density at radius 1 is 1.20 bits per heavy atom. The first-order valence-corrected chi connectivity index (χ1v) is 11.1. The van der Waals surface area contributed by atoms with E-state index >= 15 is 0 Å². The number of carbonyl (C=O) groups excluding carboxylic acids is 2. The number of aromatic amines is 1. The van der Waals surface area contributed by atoms with Crippen molar-refractivity contribution in [3.8, 4) is 0 Å². The normalized spacial score (nSPS) is 19.8. The minimum absolute atomic E-state index is 0.0281. The van der Waals surface area contributed by atoms with E-state index in [9.17, 15) is 9.59 Å². The Morgan fingerprint density at radius 2 is 2.07 bits per heavy atom. The molecule has 1 aromatic heterocycles. The largest absolute Gasteiger partial charge is 0.361 e. The molecular formula is C24H20IN3O2. The van der Waals surface area contributed by atoms with Crippen molar-refractivity contribution in [1.29, 1.82) is 0 Å². The van der Waals surface area contributed by atoms with Crippen molar-refractivity contribution in [2.75, 3.05) is 11.9 Å². The van der Waals surface area contributed by atoms with Gasteiger partial charge in [0.25, 0.3) is 5.91 Å². The highest BCUT2D eigenvalue weighted by atomic mass is 125. The number of hydrogen-bond donors (Lipinski definition) is 2. The first-order chi connectivity index (χ1) is 14.6. The van der Waals surface area contributed by atoms with Gasteiger partial charge in [0.2, 0.25) is 0 Å². The Labute approximate surface area is 188 Å². The summed E-state index contributed by atoms with van der Waals surface area (Å²) in [5.41, 5.74) is 4.22. The van der Waals surface area contributed by atoms with Gasteiger partial charge < -0.3 is 15.2 Å². The molecule has 3 aromatic rings. The van der Waals surface area contributed by atoms with E-state index in [1.807, 2.05) is 53.6 Å². The number of ketones is 1. The molecule has 0 aliphatic carbocycles. The molecule has 5 nitrogen and oxygen atoms in total. The van der Waals surface area contributed by atoms with Crippen molar-refractivity contribution < 1.29 is 9.59 Å². The molecule has 6 heteroatoms. The number of nitrogens with zero attached hydrogens (tertiary/aromatic N) is 1. The number of H-pyrrole nitrogens is 1. The molecule has 0 saturated carbocycles. The molecule has 2 aliphatic rings. The fourth-order valence-corrected chi connectivity index (χ4v) is 4.75. The maximum atomic E-state index is 12.9. The zero-order valence-electron chi connectivity index (χ0n) is 16.2. The standard InChI is InChI=1S/C24H20IN3O2/c25-16-8-10-20-19(12-16)15(14-26-20)7-9-17(29)13-22-23-6-3-11-28(23)24(30)18-4-1-2-5-21(18)27-22/h1-2,4-5,7-10,12-14,23,26-27H,3,6,11H2/b9-7+,22-13-/t23-/m0/s1/i25-2. The predicted molar refractivity (Wildman–Crippen MR) is 127 cm³/mol. The number of anilines is 1. The van der Waals surface area contributed by atoms with Gasteiger partial charge in [0.05, 0.1) is 17.3 Å². The number of carbonyl (C=O) groups is 2. The van der Waals surface area contributed by atoms with Gasteiger partial charge in [0.1, 0.15) is 0 Å². The molecule has 0 spiro atoms. The lowest BCUT2D eigenvalue weighted by molar-refractivity contribution is -0.110. The third kappa shape index (κ3) is 3.45. The first-order valence-electron chi connectivity index (χ1n) is 9.97. The zero-order chi connectivity index (χ0) is 20.7. The summed E-state index contributed by atoms with van der Waals surface area (Å²) in [6.07, 6.45) is 8.78. The number of hydrogen-bond acceptors (Lipinski definition) is 3. The Morgan fingerprint density at radius 3 is 2.97 bits per heavy atom. The van der Waals surface area contributed by atoms with Crippen LogP contribution in [-0.4, -0.2) is 34.2 Å². The number of halogens is 1. The lowest BCUT2D eigenvalue weighted by Crippen LogP contribution is -2.36. The van der Waals surface area contributed by atoms with E-state index in [0.29, 0.717) is 5.56 Å². The highest BCUT2D eigenvalue weighted by Gasteiger charge is 2.36. The smallest absolute Gasteiger partial charge is 0.256 e. The Kier molecular flexibility index (Phi) is 4.94. The molecular weight excluding hydrogens is 487 g/mol. The van der Waals surface area contributed by atoms with Gasteiger partial charge in [-0.05, 0) is 83.5 Å². The van der Waals surface area contributed by atoms with Gasteiger partial charge >= 0.3 is 0 Å². The van der Waals surface area contributed by atoms with Crippen LogP contribution in [0.1, 0.15) is 28.8 Å². The molecule has 0 bridgehead atoms. The summed E-state index contributed by atoms with van der Waals surface area (Å²) in [6.45, 7) is 0.717. The summed E-state index contributed by atoms with van der Waals surface area (Å²) in [7, 11) is 0. The van der Waals surface area contributed by atoms with E-state index in [4.69, 9.17) is 0 Å². The number of para-hydroxylation sites is 1. The fraction of sp³-hybridized carbons (Fsp3) is 0.167. The highest BCUT2D eigenvalue weighted by Crippen LogP contribution is 2.32. The molecule has 2 N–H and O–H groups in total. The van der Waals surface area contributed by atoms with Crippen molar-refractivity contribution in [1.82, 2.24) is 9.88 Å². The molecule has 3 heterocycles. The van der Waals surface area contributed by atoms with E-state index < -0.39 is 0 Å². The minimum Gasteiger partial charge on any atom is -0.361 e. The summed E-state index contributed by atoms with van der Waals surface area (Å²) in [4.78, 5) is 30.8. The molecule has 2 aliphatic heterocycles. The molecule has 1 saturated heterocycles. The molecule has 5 rings (SSSR count). The van der Waals surface area contributed by atoms with E-state index in [2.05, 4.69) is 39.0 Å². The Hall–Kier alpha value is -2.87. The van der Waals surface area contributed by atoms with E-state index in [-0.39, 0.29) is 17.7 Å². The number of aromatic nitrogens is 1. The van der Waals surface area contributed by atoms with E-state index in [0.717, 1.165) is 50.8 Å². The van der Waals surface area contributed by atoms with Crippen LogP contribution in [0.2, 0.25) is 0 Å². The third-order valence-corrected chi connectivity index (χ3v) is 6.38.